The van der Waals surface area contributed by atoms with Crippen molar-refractivity contribution in [1.82, 2.24) is 29.9 Å². The fourth-order valence-electron chi connectivity index (χ4n) is 2.07. The molecule has 0 aliphatic carbocycles. The molecular formula is C14H9ClN6O2S. The summed E-state index contributed by atoms with van der Waals surface area (Å²) in [4.78, 5) is 16.6. The highest BCUT2D eigenvalue weighted by Gasteiger charge is 2.14. The van der Waals surface area contributed by atoms with Gasteiger partial charge in [-0.1, -0.05) is 16.8 Å². The molecule has 0 unspecified atom stereocenters. The molecule has 0 spiro atoms. The zero-order valence-corrected chi connectivity index (χ0v) is 13.6. The molecule has 0 saturated carbocycles. The number of rotatable bonds is 4. The first-order chi connectivity index (χ1) is 11.7. The van der Waals surface area contributed by atoms with Gasteiger partial charge in [0, 0.05) is 10.6 Å². The molecule has 0 N–H and O–H groups in total. The number of thiophene rings is 1. The normalized spacial score (nSPS) is 11.0. The fourth-order valence-corrected chi connectivity index (χ4v) is 2.86. The second kappa shape index (κ2) is 6.02. The highest BCUT2D eigenvalue weighted by molar-refractivity contribution is 7.12. The highest BCUT2D eigenvalue weighted by atomic mass is 35.5. The summed E-state index contributed by atoms with van der Waals surface area (Å²) in [5, 5.41) is 14.8. The van der Waals surface area contributed by atoms with E-state index < -0.39 is 0 Å². The molecule has 0 radical (unpaired) electrons. The van der Waals surface area contributed by atoms with E-state index in [0.29, 0.717) is 15.8 Å². The Labute approximate surface area is 143 Å². The third-order valence-corrected chi connectivity index (χ3v) is 4.31. The van der Waals surface area contributed by atoms with Crippen molar-refractivity contribution in [3.8, 4) is 16.4 Å². The number of aromatic nitrogens is 6. The number of benzene rings is 1. The largest absolute Gasteiger partial charge is 0.369 e. The second-order valence-electron chi connectivity index (χ2n) is 4.80. The number of tetrazole rings is 1. The van der Waals surface area contributed by atoms with Crippen molar-refractivity contribution in [1.29, 1.82) is 0 Å². The van der Waals surface area contributed by atoms with E-state index in [-0.39, 0.29) is 18.1 Å². The minimum atomic E-state index is -0.372. The molecule has 10 heteroatoms. The second-order valence-corrected chi connectivity index (χ2v) is 6.16. The van der Waals surface area contributed by atoms with Gasteiger partial charge < -0.3 is 4.52 Å². The molecule has 0 amide bonds. The lowest BCUT2D eigenvalue weighted by Gasteiger charge is -1.93. The van der Waals surface area contributed by atoms with Crippen molar-refractivity contribution in [2.24, 2.45) is 0 Å². The van der Waals surface area contributed by atoms with Gasteiger partial charge in [0.1, 0.15) is 11.5 Å². The molecule has 4 aromatic rings. The maximum Gasteiger partial charge on any atom is 0.369 e. The molecule has 120 valence electrons. The molecular weight excluding hydrogens is 352 g/mol. The molecule has 3 heterocycles. The molecule has 3 aromatic heterocycles. The van der Waals surface area contributed by atoms with Crippen LogP contribution < -0.4 is 5.69 Å². The summed E-state index contributed by atoms with van der Waals surface area (Å²) in [6.07, 6.45) is 0. The maximum atomic E-state index is 12.3. The predicted molar refractivity (Wildman–Crippen MR) is 87.3 cm³/mol. The Morgan fingerprint density at radius 1 is 1.17 bits per heavy atom. The van der Waals surface area contributed by atoms with Crippen LogP contribution in [-0.4, -0.2) is 29.9 Å². The van der Waals surface area contributed by atoms with Crippen LogP contribution in [0.3, 0.4) is 0 Å². The smallest absolute Gasteiger partial charge is 0.337 e. The lowest BCUT2D eigenvalue weighted by atomic mass is 10.2. The van der Waals surface area contributed by atoms with Crippen molar-refractivity contribution in [2.75, 3.05) is 0 Å². The standard InChI is InChI=1S/C14H9ClN6O2S/c15-10-5-3-9(4-6-10)13-16-11(23-17-13)8-20-14(22)21(19-18-20)12-2-1-7-24-12/h1-7H,8H2. The predicted octanol–water partition coefficient (Wildman–Crippen LogP) is 2.24. The molecule has 24 heavy (non-hydrogen) atoms. The number of halogens is 1. The summed E-state index contributed by atoms with van der Waals surface area (Å²) >= 11 is 7.25. The van der Waals surface area contributed by atoms with E-state index in [1.54, 1.807) is 30.3 Å². The molecule has 0 bridgehead atoms. The molecule has 0 aliphatic heterocycles. The van der Waals surface area contributed by atoms with Gasteiger partial charge in [0.25, 0.3) is 0 Å². The summed E-state index contributed by atoms with van der Waals surface area (Å²) in [6.45, 7) is 0.0464. The molecule has 0 atom stereocenters. The van der Waals surface area contributed by atoms with Crippen LogP contribution in [-0.2, 0) is 6.54 Å². The maximum absolute atomic E-state index is 12.3. The summed E-state index contributed by atoms with van der Waals surface area (Å²) in [6, 6.07) is 10.7. The number of nitrogens with zero attached hydrogens (tertiary/aromatic N) is 6. The average molecular weight is 361 g/mol. The first kappa shape index (κ1) is 14.8. The van der Waals surface area contributed by atoms with Gasteiger partial charge in [-0.05, 0) is 52.2 Å². The Balaban J connectivity index is 1.59. The van der Waals surface area contributed by atoms with Gasteiger partial charge in [-0.3, -0.25) is 0 Å². The Bertz CT molecular complexity index is 1020. The van der Waals surface area contributed by atoms with Gasteiger partial charge in [0.2, 0.25) is 11.7 Å². The summed E-state index contributed by atoms with van der Waals surface area (Å²) < 4.78 is 7.57. The number of hydrogen-bond donors (Lipinski definition) is 0. The van der Waals surface area contributed by atoms with Crippen LogP contribution in [0.2, 0.25) is 5.02 Å². The van der Waals surface area contributed by atoms with Crippen molar-refractivity contribution in [3.05, 3.63) is 63.2 Å². The van der Waals surface area contributed by atoms with Crippen LogP contribution in [0.25, 0.3) is 16.4 Å². The van der Waals surface area contributed by atoms with Gasteiger partial charge in [-0.2, -0.15) is 14.3 Å². The monoisotopic (exact) mass is 360 g/mol. The Hall–Kier alpha value is -2.78. The minimum absolute atomic E-state index is 0.0464. The van der Waals surface area contributed by atoms with Crippen LogP contribution in [0.1, 0.15) is 5.89 Å². The average Bonchev–Trinajstić information content (AvgIpc) is 3.31. The lowest BCUT2D eigenvalue weighted by molar-refractivity contribution is 0.363. The van der Waals surface area contributed by atoms with Gasteiger partial charge >= 0.3 is 5.69 Å². The fraction of sp³-hybridized carbons (Fsp3) is 0.0714. The van der Waals surface area contributed by atoms with Crippen LogP contribution in [0.5, 0.6) is 0 Å². The third kappa shape index (κ3) is 2.74. The number of hydrogen-bond acceptors (Lipinski definition) is 7. The van der Waals surface area contributed by atoms with Gasteiger partial charge in [-0.15, -0.1) is 11.3 Å². The Morgan fingerprint density at radius 3 is 2.75 bits per heavy atom. The van der Waals surface area contributed by atoms with Crippen LogP contribution >= 0.6 is 22.9 Å². The summed E-state index contributed by atoms with van der Waals surface area (Å²) in [5.74, 6) is 0.681. The lowest BCUT2D eigenvalue weighted by Crippen LogP contribution is -2.24. The zero-order chi connectivity index (χ0) is 16.5. The SMILES string of the molecule is O=c1n(Cc2nc(-c3ccc(Cl)cc3)no2)nnn1-c1cccs1. The highest BCUT2D eigenvalue weighted by Crippen LogP contribution is 2.18. The zero-order valence-electron chi connectivity index (χ0n) is 12.0. The van der Waals surface area contributed by atoms with Crippen LogP contribution in [0, 0.1) is 0 Å². The first-order valence-electron chi connectivity index (χ1n) is 6.86. The van der Waals surface area contributed by atoms with E-state index in [0.717, 1.165) is 5.56 Å². The molecule has 0 fully saturated rings. The van der Waals surface area contributed by atoms with Crippen molar-refractivity contribution < 1.29 is 4.52 Å². The van der Waals surface area contributed by atoms with E-state index in [9.17, 15) is 4.79 Å². The molecule has 8 nitrogen and oxygen atoms in total. The minimum Gasteiger partial charge on any atom is -0.337 e. The topological polar surface area (TPSA) is 91.6 Å². The molecule has 0 aliphatic rings. The van der Waals surface area contributed by atoms with Gasteiger partial charge in [0.05, 0.1) is 0 Å². The third-order valence-electron chi connectivity index (χ3n) is 3.21. The van der Waals surface area contributed by atoms with E-state index in [4.69, 9.17) is 16.1 Å². The van der Waals surface area contributed by atoms with E-state index in [2.05, 4.69) is 20.6 Å². The molecule has 4 rings (SSSR count). The van der Waals surface area contributed by atoms with E-state index in [1.807, 2.05) is 11.4 Å². The van der Waals surface area contributed by atoms with Crippen LogP contribution in [0.4, 0.5) is 0 Å². The molecule has 0 saturated heterocycles. The molecule has 1 aromatic carbocycles. The van der Waals surface area contributed by atoms with Crippen molar-refractivity contribution in [2.45, 2.75) is 6.54 Å². The first-order valence-corrected chi connectivity index (χ1v) is 8.12. The van der Waals surface area contributed by atoms with Crippen molar-refractivity contribution >= 4 is 22.9 Å². The summed E-state index contributed by atoms with van der Waals surface area (Å²) in [7, 11) is 0. The van der Waals surface area contributed by atoms with Gasteiger partial charge in [-0.25, -0.2) is 4.79 Å². The summed E-state index contributed by atoms with van der Waals surface area (Å²) in [5.41, 5.74) is 0.396. The Kier molecular flexibility index (Phi) is 3.71. The van der Waals surface area contributed by atoms with E-state index in [1.165, 1.54) is 20.7 Å². The Morgan fingerprint density at radius 2 is 2.00 bits per heavy atom. The van der Waals surface area contributed by atoms with E-state index >= 15 is 0 Å². The van der Waals surface area contributed by atoms with Crippen LogP contribution in [0.15, 0.2) is 51.1 Å². The quantitative estimate of drug-likeness (QED) is 0.554. The van der Waals surface area contributed by atoms with Crippen molar-refractivity contribution in [3.63, 3.8) is 0 Å². The van der Waals surface area contributed by atoms with Gasteiger partial charge in [0.15, 0.2) is 0 Å².